The number of hydrogen-bond donors (Lipinski definition) is 1. The Morgan fingerprint density at radius 2 is 1.88 bits per heavy atom. The highest BCUT2D eigenvalue weighted by Crippen LogP contribution is 2.33. The van der Waals surface area contributed by atoms with E-state index in [1.807, 2.05) is 0 Å². The second kappa shape index (κ2) is 7.12. The van der Waals surface area contributed by atoms with Crippen LogP contribution in [0.3, 0.4) is 0 Å². The maximum atomic E-state index is 12.8. The third-order valence-electron chi connectivity index (χ3n) is 2.97. The average Bonchev–Trinajstić information content (AvgIpc) is 3.23. The van der Waals surface area contributed by atoms with Crippen molar-refractivity contribution in [2.45, 2.75) is 12.8 Å². The summed E-state index contributed by atoms with van der Waals surface area (Å²) in [5.41, 5.74) is 0. The zero-order valence-electron chi connectivity index (χ0n) is 12.7. The van der Waals surface area contributed by atoms with Gasteiger partial charge in [0.2, 0.25) is 10.1 Å². The Kier molecular flexibility index (Phi) is 4.89. The number of carbonyl (C=O) groups is 1. The number of halogens is 4. The Bertz CT molecular complexity index is 906. The SMILES string of the molecule is O=C(Nc1nnc(C(F)(F)F)s1)c1ccc(COc2ccc(F)cc2)o1. The van der Waals surface area contributed by atoms with Crippen LogP contribution >= 0.6 is 11.3 Å². The Hall–Kier alpha value is -2.95. The van der Waals surface area contributed by atoms with Gasteiger partial charge in [-0.1, -0.05) is 11.3 Å². The molecular formula is C15H9F4N3O3S. The van der Waals surface area contributed by atoms with Crippen molar-refractivity contribution in [1.82, 2.24) is 10.2 Å². The van der Waals surface area contributed by atoms with Crippen LogP contribution in [-0.2, 0) is 12.8 Å². The molecule has 0 fully saturated rings. The maximum absolute atomic E-state index is 12.8. The Morgan fingerprint density at radius 3 is 2.54 bits per heavy atom. The number of nitrogens with zero attached hydrogens (tertiary/aromatic N) is 2. The van der Waals surface area contributed by atoms with Gasteiger partial charge in [-0.3, -0.25) is 10.1 Å². The Labute approximate surface area is 147 Å². The van der Waals surface area contributed by atoms with Crippen LogP contribution in [0, 0.1) is 5.82 Å². The Balaban J connectivity index is 1.59. The van der Waals surface area contributed by atoms with Gasteiger partial charge in [0.15, 0.2) is 5.76 Å². The standard InChI is InChI=1S/C15H9F4N3O3S/c16-8-1-3-9(4-2-8)24-7-10-5-6-11(25-10)12(23)20-14-22-21-13(26-14)15(17,18)19/h1-6H,7H2,(H,20,22,23). The quantitative estimate of drug-likeness (QED) is 0.667. The van der Waals surface area contributed by atoms with E-state index >= 15 is 0 Å². The van der Waals surface area contributed by atoms with Gasteiger partial charge in [0.05, 0.1) is 0 Å². The number of nitrogens with one attached hydrogen (secondary N) is 1. The van der Waals surface area contributed by atoms with Crippen LogP contribution in [0.4, 0.5) is 22.7 Å². The summed E-state index contributed by atoms with van der Waals surface area (Å²) < 4.78 is 60.8. The van der Waals surface area contributed by atoms with E-state index in [4.69, 9.17) is 9.15 Å². The van der Waals surface area contributed by atoms with Crippen LogP contribution < -0.4 is 10.1 Å². The topological polar surface area (TPSA) is 77.2 Å². The summed E-state index contributed by atoms with van der Waals surface area (Å²) in [5.74, 6) is -0.607. The van der Waals surface area contributed by atoms with Gasteiger partial charge in [0, 0.05) is 0 Å². The first kappa shape index (κ1) is 17.9. The number of benzene rings is 1. The highest BCUT2D eigenvalue weighted by atomic mass is 32.1. The summed E-state index contributed by atoms with van der Waals surface area (Å²) in [5, 5.41) is 6.92. The van der Waals surface area contributed by atoms with Gasteiger partial charge < -0.3 is 9.15 Å². The molecule has 136 valence electrons. The van der Waals surface area contributed by atoms with E-state index in [-0.39, 0.29) is 28.8 Å². The Morgan fingerprint density at radius 1 is 1.15 bits per heavy atom. The summed E-state index contributed by atoms with van der Waals surface area (Å²) in [6.07, 6.45) is -4.63. The largest absolute Gasteiger partial charge is 0.486 e. The van der Waals surface area contributed by atoms with Gasteiger partial charge in [0.25, 0.3) is 5.91 Å². The molecule has 3 rings (SSSR count). The van der Waals surface area contributed by atoms with E-state index in [0.29, 0.717) is 11.5 Å². The minimum absolute atomic E-state index is 0.0179. The lowest BCUT2D eigenvalue weighted by Gasteiger charge is -2.03. The van der Waals surface area contributed by atoms with Gasteiger partial charge in [-0.15, -0.1) is 10.2 Å². The van der Waals surface area contributed by atoms with E-state index < -0.39 is 22.9 Å². The van der Waals surface area contributed by atoms with Crippen molar-refractivity contribution < 1.29 is 31.5 Å². The number of rotatable bonds is 5. The van der Waals surface area contributed by atoms with E-state index in [2.05, 4.69) is 15.5 Å². The van der Waals surface area contributed by atoms with Crippen molar-refractivity contribution >= 4 is 22.4 Å². The minimum atomic E-state index is -4.63. The molecule has 0 aliphatic heterocycles. The predicted octanol–water partition coefficient (Wildman–Crippen LogP) is 4.12. The zero-order chi connectivity index (χ0) is 18.7. The molecule has 2 aromatic heterocycles. The monoisotopic (exact) mass is 387 g/mol. The molecule has 11 heteroatoms. The summed E-state index contributed by atoms with van der Waals surface area (Å²) >= 11 is 0.202. The summed E-state index contributed by atoms with van der Waals surface area (Å²) in [6.45, 7) is -0.0179. The lowest BCUT2D eigenvalue weighted by molar-refractivity contribution is -0.138. The molecule has 0 spiro atoms. The molecule has 2 heterocycles. The smallest absolute Gasteiger partial charge is 0.445 e. The lowest BCUT2D eigenvalue weighted by Crippen LogP contribution is -2.10. The van der Waals surface area contributed by atoms with Crippen molar-refractivity contribution in [3.05, 3.63) is 58.7 Å². The molecular weight excluding hydrogens is 378 g/mol. The van der Waals surface area contributed by atoms with Crippen LogP contribution in [0.15, 0.2) is 40.8 Å². The third-order valence-corrected chi connectivity index (χ3v) is 3.85. The average molecular weight is 387 g/mol. The van der Waals surface area contributed by atoms with Crippen molar-refractivity contribution in [2.75, 3.05) is 5.32 Å². The van der Waals surface area contributed by atoms with Crippen molar-refractivity contribution in [2.24, 2.45) is 0 Å². The van der Waals surface area contributed by atoms with E-state index in [0.717, 1.165) is 0 Å². The molecule has 6 nitrogen and oxygen atoms in total. The molecule has 1 N–H and O–H groups in total. The molecule has 0 bridgehead atoms. The lowest BCUT2D eigenvalue weighted by atomic mass is 10.3. The highest BCUT2D eigenvalue weighted by molar-refractivity contribution is 7.15. The fourth-order valence-corrected chi connectivity index (χ4v) is 2.42. The van der Waals surface area contributed by atoms with Gasteiger partial charge in [-0.05, 0) is 36.4 Å². The normalized spacial score (nSPS) is 11.4. The van der Waals surface area contributed by atoms with Crippen molar-refractivity contribution in [1.29, 1.82) is 0 Å². The second-order valence-corrected chi connectivity index (χ2v) is 5.85. The zero-order valence-corrected chi connectivity index (χ0v) is 13.5. The summed E-state index contributed by atoms with van der Waals surface area (Å²) in [7, 11) is 0. The molecule has 0 atom stereocenters. The summed E-state index contributed by atoms with van der Waals surface area (Å²) in [4.78, 5) is 12.0. The minimum Gasteiger partial charge on any atom is -0.486 e. The van der Waals surface area contributed by atoms with Crippen molar-refractivity contribution in [3.8, 4) is 5.75 Å². The van der Waals surface area contributed by atoms with Crippen LogP contribution in [0.1, 0.15) is 21.3 Å². The maximum Gasteiger partial charge on any atom is 0.445 e. The van der Waals surface area contributed by atoms with Crippen LogP contribution in [-0.4, -0.2) is 16.1 Å². The molecule has 0 saturated carbocycles. The van der Waals surface area contributed by atoms with Gasteiger partial charge >= 0.3 is 6.18 Å². The highest BCUT2D eigenvalue weighted by Gasteiger charge is 2.35. The second-order valence-electron chi connectivity index (χ2n) is 4.87. The van der Waals surface area contributed by atoms with E-state index in [9.17, 15) is 22.4 Å². The molecule has 0 saturated heterocycles. The van der Waals surface area contributed by atoms with Crippen LogP contribution in [0.25, 0.3) is 0 Å². The predicted molar refractivity (Wildman–Crippen MR) is 82.3 cm³/mol. The molecule has 26 heavy (non-hydrogen) atoms. The fraction of sp³-hybridized carbons (Fsp3) is 0.133. The number of amides is 1. The first-order chi connectivity index (χ1) is 12.3. The molecule has 1 aromatic carbocycles. The summed E-state index contributed by atoms with van der Waals surface area (Å²) in [6, 6.07) is 8.13. The van der Waals surface area contributed by atoms with Gasteiger partial charge in [-0.25, -0.2) is 4.39 Å². The number of aromatic nitrogens is 2. The number of ether oxygens (including phenoxy) is 1. The first-order valence-electron chi connectivity index (χ1n) is 7.00. The number of carbonyl (C=O) groups excluding carboxylic acids is 1. The van der Waals surface area contributed by atoms with Crippen LogP contribution in [0.5, 0.6) is 5.75 Å². The molecule has 0 unspecified atom stereocenters. The van der Waals surface area contributed by atoms with Crippen molar-refractivity contribution in [3.63, 3.8) is 0 Å². The van der Waals surface area contributed by atoms with Gasteiger partial charge in [-0.2, -0.15) is 13.2 Å². The van der Waals surface area contributed by atoms with Crippen LogP contribution in [0.2, 0.25) is 0 Å². The first-order valence-corrected chi connectivity index (χ1v) is 7.82. The fourth-order valence-electron chi connectivity index (χ4n) is 1.81. The van der Waals surface area contributed by atoms with E-state index in [1.165, 1.54) is 36.4 Å². The number of hydrogen-bond acceptors (Lipinski definition) is 6. The molecule has 0 radical (unpaired) electrons. The van der Waals surface area contributed by atoms with E-state index in [1.54, 1.807) is 0 Å². The van der Waals surface area contributed by atoms with Gasteiger partial charge in [0.1, 0.15) is 23.9 Å². The molecule has 0 aliphatic rings. The molecule has 3 aromatic rings. The third kappa shape index (κ3) is 4.36. The number of alkyl halides is 3. The molecule has 0 aliphatic carbocycles. The number of anilines is 1. The molecule has 1 amide bonds. The number of furan rings is 1.